The van der Waals surface area contributed by atoms with E-state index in [9.17, 15) is 4.79 Å². The molecule has 0 saturated carbocycles. The van der Waals surface area contributed by atoms with Crippen LogP contribution in [0.3, 0.4) is 0 Å². The van der Waals surface area contributed by atoms with Crippen LogP contribution in [0.5, 0.6) is 0 Å². The molecule has 0 aliphatic rings. The number of carbonyl (C=O) groups excluding carboxylic acids is 1. The second kappa shape index (κ2) is 5.35. The Morgan fingerprint density at radius 1 is 1.73 bits per heavy atom. The number of rotatable bonds is 4. The molecule has 0 radical (unpaired) electrons. The fourth-order valence-corrected chi connectivity index (χ4v) is 1.12. The highest BCUT2D eigenvalue weighted by Crippen LogP contribution is 2.02. The third kappa shape index (κ3) is 3.59. The molecule has 6 nitrogen and oxygen atoms in total. The maximum Gasteiger partial charge on any atom is 0.319 e. The van der Waals surface area contributed by atoms with Gasteiger partial charge in [0, 0.05) is 13.2 Å². The molecule has 0 aliphatic carbocycles. The van der Waals surface area contributed by atoms with Crippen LogP contribution in [0.4, 0.5) is 10.5 Å². The van der Waals surface area contributed by atoms with Crippen LogP contribution in [0.1, 0.15) is 13.3 Å². The highest BCUT2D eigenvalue weighted by atomic mass is 16.3. The SMILES string of the molecule is CCC(CO)NC(=O)Nc1cnn(C)c1. The minimum Gasteiger partial charge on any atom is -0.394 e. The first-order valence-corrected chi connectivity index (χ1v) is 4.82. The van der Waals surface area contributed by atoms with Crippen LogP contribution in [0.15, 0.2) is 12.4 Å². The number of hydrogen-bond acceptors (Lipinski definition) is 3. The van der Waals surface area contributed by atoms with Gasteiger partial charge in [0.2, 0.25) is 0 Å². The lowest BCUT2D eigenvalue weighted by atomic mass is 10.2. The van der Waals surface area contributed by atoms with E-state index in [-0.39, 0.29) is 18.7 Å². The van der Waals surface area contributed by atoms with Gasteiger partial charge in [-0.15, -0.1) is 0 Å². The van der Waals surface area contributed by atoms with E-state index in [1.54, 1.807) is 24.1 Å². The van der Waals surface area contributed by atoms with Crippen molar-refractivity contribution < 1.29 is 9.90 Å². The number of urea groups is 1. The van der Waals surface area contributed by atoms with Gasteiger partial charge in [0.25, 0.3) is 0 Å². The molecular weight excluding hydrogens is 196 g/mol. The van der Waals surface area contributed by atoms with Crippen molar-refractivity contribution in [2.45, 2.75) is 19.4 Å². The lowest BCUT2D eigenvalue weighted by molar-refractivity contribution is 0.222. The number of amides is 2. The molecule has 0 spiro atoms. The summed E-state index contributed by atoms with van der Waals surface area (Å²) < 4.78 is 1.60. The Morgan fingerprint density at radius 2 is 2.47 bits per heavy atom. The second-order valence-corrected chi connectivity index (χ2v) is 3.29. The first kappa shape index (κ1) is 11.5. The van der Waals surface area contributed by atoms with Crippen molar-refractivity contribution in [3.8, 4) is 0 Å². The van der Waals surface area contributed by atoms with E-state index in [1.165, 1.54) is 0 Å². The highest BCUT2D eigenvalue weighted by molar-refractivity contribution is 5.89. The van der Waals surface area contributed by atoms with Crippen molar-refractivity contribution >= 4 is 11.7 Å². The number of hydrogen-bond donors (Lipinski definition) is 3. The van der Waals surface area contributed by atoms with E-state index in [2.05, 4.69) is 15.7 Å². The van der Waals surface area contributed by atoms with E-state index in [1.807, 2.05) is 6.92 Å². The largest absolute Gasteiger partial charge is 0.394 e. The summed E-state index contributed by atoms with van der Waals surface area (Å²) in [6.45, 7) is 1.84. The summed E-state index contributed by atoms with van der Waals surface area (Å²) in [6.07, 6.45) is 3.94. The summed E-state index contributed by atoms with van der Waals surface area (Å²) in [4.78, 5) is 11.4. The van der Waals surface area contributed by atoms with Crippen molar-refractivity contribution in [3.05, 3.63) is 12.4 Å². The van der Waals surface area contributed by atoms with Crippen molar-refractivity contribution in [2.24, 2.45) is 7.05 Å². The lowest BCUT2D eigenvalue weighted by Crippen LogP contribution is -2.39. The van der Waals surface area contributed by atoms with Crippen molar-refractivity contribution in [2.75, 3.05) is 11.9 Å². The molecule has 0 bridgehead atoms. The number of nitrogens with one attached hydrogen (secondary N) is 2. The van der Waals surface area contributed by atoms with Crippen LogP contribution >= 0.6 is 0 Å². The minimum atomic E-state index is -0.330. The molecule has 6 heteroatoms. The molecule has 15 heavy (non-hydrogen) atoms. The van der Waals surface area contributed by atoms with E-state index < -0.39 is 0 Å². The molecule has 1 unspecified atom stereocenters. The quantitative estimate of drug-likeness (QED) is 0.672. The van der Waals surface area contributed by atoms with Crippen LogP contribution < -0.4 is 10.6 Å². The first-order chi connectivity index (χ1) is 7.15. The Morgan fingerprint density at radius 3 is 2.93 bits per heavy atom. The molecule has 0 aromatic carbocycles. The van der Waals surface area contributed by atoms with Crippen LogP contribution in [0, 0.1) is 0 Å². The maximum atomic E-state index is 11.4. The van der Waals surface area contributed by atoms with Crippen LogP contribution in [0.25, 0.3) is 0 Å². The fraction of sp³-hybridized carbons (Fsp3) is 0.556. The summed E-state index contributed by atoms with van der Waals surface area (Å²) in [5.74, 6) is 0. The molecule has 0 aliphatic heterocycles. The zero-order chi connectivity index (χ0) is 11.3. The van der Waals surface area contributed by atoms with Gasteiger partial charge in [-0.3, -0.25) is 4.68 Å². The maximum absolute atomic E-state index is 11.4. The van der Waals surface area contributed by atoms with Crippen molar-refractivity contribution in [1.29, 1.82) is 0 Å². The lowest BCUT2D eigenvalue weighted by Gasteiger charge is -2.13. The number of carbonyl (C=O) groups is 1. The number of nitrogens with zero attached hydrogens (tertiary/aromatic N) is 2. The molecule has 3 N–H and O–H groups in total. The third-order valence-electron chi connectivity index (χ3n) is 2.01. The fourth-order valence-electron chi connectivity index (χ4n) is 1.12. The normalized spacial score (nSPS) is 12.2. The van der Waals surface area contributed by atoms with Gasteiger partial charge in [0.1, 0.15) is 0 Å². The smallest absolute Gasteiger partial charge is 0.319 e. The van der Waals surface area contributed by atoms with Gasteiger partial charge in [0.05, 0.1) is 24.5 Å². The molecule has 1 aromatic heterocycles. The Labute approximate surface area is 88.3 Å². The molecule has 0 saturated heterocycles. The van der Waals surface area contributed by atoms with Gasteiger partial charge in [-0.2, -0.15) is 5.10 Å². The Kier molecular flexibility index (Phi) is 4.11. The molecular formula is C9H16N4O2. The highest BCUT2D eigenvalue weighted by Gasteiger charge is 2.09. The number of aliphatic hydroxyl groups is 1. The predicted molar refractivity (Wildman–Crippen MR) is 56.5 cm³/mol. The average molecular weight is 212 g/mol. The molecule has 2 amide bonds. The van der Waals surface area contributed by atoms with Crippen LogP contribution in [-0.4, -0.2) is 33.6 Å². The van der Waals surface area contributed by atoms with Gasteiger partial charge in [-0.1, -0.05) is 6.92 Å². The van der Waals surface area contributed by atoms with Crippen molar-refractivity contribution in [3.63, 3.8) is 0 Å². The summed E-state index contributed by atoms with van der Waals surface area (Å²) in [5, 5.41) is 18.1. The Balaban J connectivity index is 2.42. The van der Waals surface area contributed by atoms with Gasteiger partial charge >= 0.3 is 6.03 Å². The zero-order valence-electron chi connectivity index (χ0n) is 8.90. The first-order valence-electron chi connectivity index (χ1n) is 4.82. The summed E-state index contributed by atoms with van der Waals surface area (Å²) in [7, 11) is 1.77. The number of aromatic nitrogens is 2. The number of aliphatic hydroxyl groups excluding tert-OH is 1. The second-order valence-electron chi connectivity index (χ2n) is 3.29. The van der Waals surface area contributed by atoms with Crippen molar-refractivity contribution in [1.82, 2.24) is 15.1 Å². The topological polar surface area (TPSA) is 79.2 Å². The number of aryl methyl sites for hydroxylation is 1. The van der Waals surface area contributed by atoms with E-state index in [0.29, 0.717) is 12.1 Å². The minimum absolute atomic E-state index is 0.0586. The van der Waals surface area contributed by atoms with E-state index in [0.717, 1.165) is 0 Å². The van der Waals surface area contributed by atoms with E-state index >= 15 is 0 Å². The summed E-state index contributed by atoms with van der Waals surface area (Å²) >= 11 is 0. The van der Waals surface area contributed by atoms with Gasteiger partial charge in [-0.25, -0.2) is 4.79 Å². The molecule has 1 aromatic rings. The van der Waals surface area contributed by atoms with Gasteiger partial charge in [0.15, 0.2) is 0 Å². The van der Waals surface area contributed by atoms with Crippen LogP contribution in [-0.2, 0) is 7.05 Å². The van der Waals surface area contributed by atoms with Gasteiger partial charge < -0.3 is 15.7 Å². The molecule has 0 fully saturated rings. The van der Waals surface area contributed by atoms with Crippen LogP contribution in [0.2, 0.25) is 0 Å². The third-order valence-corrected chi connectivity index (χ3v) is 2.01. The molecule has 1 heterocycles. The Hall–Kier alpha value is -1.56. The van der Waals surface area contributed by atoms with Gasteiger partial charge in [-0.05, 0) is 6.42 Å². The molecule has 1 atom stereocenters. The summed E-state index contributed by atoms with van der Waals surface area (Å²) in [5.41, 5.74) is 0.628. The Bertz CT molecular complexity index is 320. The summed E-state index contributed by atoms with van der Waals surface area (Å²) in [6, 6.07) is -0.537. The van der Waals surface area contributed by atoms with E-state index in [4.69, 9.17) is 5.11 Å². The average Bonchev–Trinajstić information content (AvgIpc) is 2.60. The molecule has 1 rings (SSSR count). The zero-order valence-corrected chi connectivity index (χ0v) is 8.90. The predicted octanol–water partition coefficient (Wildman–Crippen LogP) is 0.312. The number of anilines is 1. The standard InChI is InChI=1S/C9H16N4O2/c1-3-7(6-14)11-9(15)12-8-4-10-13(2)5-8/h4-5,7,14H,3,6H2,1-2H3,(H2,11,12,15). The molecule has 84 valence electrons. The monoisotopic (exact) mass is 212 g/mol.